The minimum Gasteiger partial charge on any atom is -0.508 e. The van der Waals surface area contributed by atoms with Crippen molar-refractivity contribution in [2.45, 2.75) is 76.5 Å². The fourth-order valence-corrected chi connectivity index (χ4v) is 4.96. The topological polar surface area (TPSA) is 213 Å². The van der Waals surface area contributed by atoms with Gasteiger partial charge < -0.3 is 42.6 Å². The van der Waals surface area contributed by atoms with Crippen LogP contribution >= 0.6 is 0 Å². The largest absolute Gasteiger partial charge is 0.508 e. The molecule has 0 radical (unpaired) electrons. The van der Waals surface area contributed by atoms with Crippen LogP contribution in [0.15, 0.2) is 54.7 Å². The van der Waals surface area contributed by atoms with Crippen molar-refractivity contribution in [3.8, 4) is 5.75 Å². The van der Waals surface area contributed by atoms with Gasteiger partial charge in [-0.2, -0.15) is 0 Å². The molecule has 0 saturated heterocycles. The van der Waals surface area contributed by atoms with E-state index in [1.54, 1.807) is 25.3 Å². The van der Waals surface area contributed by atoms with E-state index in [-0.39, 0.29) is 30.9 Å². The molecule has 44 heavy (non-hydrogen) atoms. The number of aromatic nitrogens is 1. The molecule has 0 saturated carbocycles. The predicted molar refractivity (Wildman–Crippen MR) is 168 cm³/mol. The first-order valence-electron chi connectivity index (χ1n) is 15.0. The third-order valence-electron chi connectivity index (χ3n) is 7.82. The number of phenolic OH excluding ortho intramolecular Hbond substituents is 1. The minimum atomic E-state index is -1.17. The number of rotatable bonds is 17. The summed E-state index contributed by atoms with van der Waals surface area (Å²) in [5, 5.41) is 28.3. The number of carbonyl (C=O) groups excluding carboxylic acids is 3. The Hall–Kier alpha value is -4.42. The van der Waals surface area contributed by atoms with Crippen LogP contribution in [0, 0.1) is 5.92 Å². The van der Waals surface area contributed by atoms with Gasteiger partial charge in [0.05, 0.1) is 6.04 Å². The standard InChI is InChI=1S/C32H44N6O6/c1-3-19(2)28(32(43)44)38-31(42)27(17-21-18-35-25-9-5-4-8-23(21)25)37-30(41)26(10-6-7-15-33)36-29(40)24(34)16-20-11-13-22(39)14-12-20/h4-5,8-9,11-14,18-19,24,26-28,35,39H,3,6-7,10,15-17,33-34H2,1-2H3,(H,36,40)(H,37,41)(H,38,42)(H,43,44). The van der Waals surface area contributed by atoms with Crippen molar-refractivity contribution in [2.24, 2.45) is 17.4 Å². The van der Waals surface area contributed by atoms with Gasteiger partial charge in [-0.15, -0.1) is 0 Å². The summed E-state index contributed by atoms with van der Waals surface area (Å²) in [7, 11) is 0. The number of phenols is 1. The van der Waals surface area contributed by atoms with E-state index in [1.807, 2.05) is 31.2 Å². The lowest BCUT2D eigenvalue weighted by Gasteiger charge is -2.26. The summed E-state index contributed by atoms with van der Waals surface area (Å²) in [5.74, 6) is -3.21. The molecule has 0 bridgehead atoms. The Morgan fingerprint density at radius 3 is 2.20 bits per heavy atom. The molecule has 5 unspecified atom stereocenters. The van der Waals surface area contributed by atoms with E-state index in [0.29, 0.717) is 25.8 Å². The van der Waals surface area contributed by atoms with Crippen LogP contribution in [0.4, 0.5) is 0 Å². The molecule has 12 heteroatoms. The number of carboxylic acids is 1. The zero-order valence-electron chi connectivity index (χ0n) is 25.2. The van der Waals surface area contributed by atoms with Crippen LogP contribution in [0.25, 0.3) is 10.9 Å². The van der Waals surface area contributed by atoms with Crippen LogP contribution in [0.2, 0.25) is 0 Å². The molecule has 238 valence electrons. The van der Waals surface area contributed by atoms with Crippen molar-refractivity contribution >= 4 is 34.6 Å². The number of carboxylic acid groups (broad SMARTS) is 1. The molecule has 2 aromatic carbocycles. The molecular weight excluding hydrogens is 564 g/mol. The van der Waals surface area contributed by atoms with Crippen LogP contribution in [-0.2, 0) is 32.0 Å². The van der Waals surface area contributed by atoms with E-state index in [1.165, 1.54) is 12.1 Å². The molecule has 12 nitrogen and oxygen atoms in total. The highest BCUT2D eigenvalue weighted by atomic mass is 16.4. The predicted octanol–water partition coefficient (Wildman–Crippen LogP) is 1.70. The van der Waals surface area contributed by atoms with E-state index in [2.05, 4.69) is 20.9 Å². The van der Waals surface area contributed by atoms with Gasteiger partial charge in [0.2, 0.25) is 17.7 Å². The second kappa shape index (κ2) is 16.4. The number of benzene rings is 2. The number of unbranched alkanes of at least 4 members (excludes halogenated alkanes) is 1. The van der Waals surface area contributed by atoms with Crippen molar-refractivity contribution in [2.75, 3.05) is 6.54 Å². The Morgan fingerprint density at radius 1 is 0.886 bits per heavy atom. The summed E-state index contributed by atoms with van der Waals surface area (Å²) in [6, 6.07) is 9.57. The maximum absolute atomic E-state index is 13.7. The van der Waals surface area contributed by atoms with Crippen molar-refractivity contribution in [1.82, 2.24) is 20.9 Å². The first-order valence-corrected chi connectivity index (χ1v) is 15.0. The number of aromatic amines is 1. The molecule has 3 amide bonds. The Morgan fingerprint density at radius 2 is 1.55 bits per heavy atom. The fraction of sp³-hybridized carbons (Fsp3) is 0.438. The number of hydrogen-bond acceptors (Lipinski definition) is 7. The monoisotopic (exact) mass is 608 g/mol. The first-order chi connectivity index (χ1) is 21.0. The quantitative estimate of drug-likeness (QED) is 0.105. The minimum absolute atomic E-state index is 0.0816. The van der Waals surface area contributed by atoms with Crippen molar-refractivity contribution in [3.63, 3.8) is 0 Å². The van der Waals surface area contributed by atoms with Gasteiger partial charge in [-0.25, -0.2) is 4.79 Å². The highest BCUT2D eigenvalue weighted by Gasteiger charge is 2.32. The number of hydrogen-bond donors (Lipinski definition) is 8. The van der Waals surface area contributed by atoms with E-state index >= 15 is 0 Å². The highest BCUT2D eigenvalue weighted by Crippen LogP contribution is 2.20. The van der Waals surface area contributed by atoms with Crippen molar-refractivity contribution in [1.29, 1.82) is 0 Å². The summed E-state index contributed by atoms with van der Waals surface area (Å²) in [6.45, 7) is 3.97. The summed E-state index contributed by atoms with van der Waals surface area (Å²) < 4.78 is 0. The summed E-state index contributed by atoms with van der Waals surface area (Å²) in [5.41, 5.74) is 14.2. The molecule has 0 aliphatic rings. The van der Waals surface area contributed by atoms with Gasteiger partial charge >= 0.3 is 5.97 Å². The molecule has 10 N–H and O–H groups in total. The van der Waals surface area contributed by atoms with Crippen LogP contribution < -0.4 is 27.4 Å². The van der Waals surface area contributed by atoms with Gasteiger partial charge in [-0.05, 0) is 67.5 Å². The summed E-state index contributed by atoms with van der Waals surface area (Å²) in [4.78, 5) is 55.5. The maximum Gasteiger partial charge on any atom is 0.326 e. The van der Waals surface area contributed by atoms with E-state index in [9.17, 15) is 29.4 Å². The average molecular weight is 609 g/mol. The van der Waals surface area contributed by atoms with Gasteiger partial charge in [-0.3, -0.25) is 14.4 Å². The molecule has 3 aromatic rings. The molecule has 0 aliphatic carbocycles. The highest BCUT2D eigenvalue weighted by molar-refractivity contribution is 5.95. The SMILES string of the molecule is CCC(C)C(NC(=O)C(Cc1c[nH]c2ccccc12)NC(=O)C(CCCCN)NC(=O)C(N)Cc1ccc(O)cc1)C(=O)O. The number of aromatic hydroxyl groups is 1. The molecule has 0 spiro atoms. The van der Waals surface area contributed by atoms with Crippen LogP contribution in [-0.4, -0.2) is 69.6 Å². The van der Waals surface area contributed by atoms with Crippen molar-refractivity contribution in [3.05, 3.63) is 65.9 Å². The van der Waals surface area contributed by atoms with Crippen LogP contribution in [0.1, 0.15) is 50.7 Å². The first kappa shape index (κ1) is 34.1. The Balaban J connectivity index is 1.82. The smallest absolute Gasteiger partial charge is 0.326 e. The molecule has 0 aliphatic heterocycles. The normalized spacial score (nSPS) is 14.6. The molecular formula is C32H44N6O6. The van der Waals surface area contributed by atoms with E-state index in [4.69, 9.17) is 11.5 Å². The van der Waals surface area contributed by atoms with Gasteiger partial charge in [0, 0.05) is 23.5 Å². The lowest BCUT2D eigenvalue weighted by Crippen LogP contribution is -2.58. The number of carbonyl (C=O) groups is 4. The molecule has 5 atom stereocenters. The number of aliphatic carboxylic acids is 1. The third-order valence-corrected chi connectivity index (χ3v) is 7.82. The van der Waals surface area contributed by atoms with Crippen LogP contribution in [0.5, 0.6) is 5.75 Å². The lowest BCUT2D eigenvalue weighted by molar-refractivity contribution is -0.143. The van der Waals surface area contributed by atoms with E-state index < -0.39 is 47.9 Å². The zero-order chi connectivity index (χ0) is 32.2. The zero-order valence-corrected chi connectivity index (χ0v) is 25.2. The number of fused-ring (bicyclic) bond motifs is 1. The molecule has 3 rings (SSSR count). The lowest BCUT2D eigenvalue weighted by atomic mass is 9.97. The van der Waals surface area contributed by atoms with Crippen LogP contribution in [0.3, 0.4) is 0 Å². The summed E-state index contributed by atoms with van der Waals surface area (Å²) in [6.07, 6.45) is 3.95. The second-order valence-corrected chi connectivity index (χ2v) is 11.2. The molecule has 1 heterocycles. The number of H-pyrrole nitrogens is 1. The number of para-hydroxylation sites is 1. The number of amides is 3. The average Bonchev–Trinajstić information content (AvgIpc) is 3.42. The van der Waals surface area contributed by atoms with Gasteiger partial charge in [0.1, 0.15) is 23.9 Å². The fourth-order valence-electron chi connectivity index (χ4n) is 4.96. The Bertz CT molecular complexity index is 1410. The summed E-state index contributed by atoms with van der Waals surface area (Å²) >= 11 is 0. The third kappa shape index (κ3) is 9.55. The molecule has 0 fully saturated rings. The second-order valence-electron chi connectivity index (χ2n) is 11.2. The van der Waals surface area contributed by atoms with Crippen molar-refractivity contribution < 1.29 is 29.4 Å². The van der Waals surface area contributed by atoms with E-state index in [0.717, 1.165) is 22.0 Å². The van der Waals surface area contributed by atoms with Gasteiger partial charge in [0.15, 0.2) is 0 Å². The van der Waals surface area contributed by atoms with Gasteiger partial charge in [0.25, 0.3) is 0 Å². The van der Waals surface area contributed by atoms with Gasteiger partial charge in [-0.1, -0.05) is 50.6 Å². The number of nitrogens with one attached hydrogen (secondary N) is 4. The molecule has 1 aromatic heterocycles. The Kier molecular flexibility index (Phi) is 12.7. The number of nitrogens with two attached hydrogens (primary N) is 2. The Labute approximate surface area is 257 Å². The maximum atomic E-state index is 13.7.